The number of hydrogen-bond acceptors (Lipinski definition) is 5. The maximum Gasteiger partial charge on any atom is 0.285 e. The molecule has 0 bridgehead atoms. The van der Waals surface area contributed by atoms with Crippen molar-refractivity contribution in [3.63, 3.8) is 0 Å². The number of alkyl halides is 2. The van der Waals surface area contributed by atoms with Crippen molar-refractivity contribution in [2.24, 2.45) is 7.05 Å². The number of rotatable bonds is 5. The Labute approximate surface area is 169 Å². The van der Waals surface area contributed by atoms with Crippen molar-refractivity contribution >= 4 is 26.6 Å². The van der Waals surface area contributed by atoms with Gasteiger partial charge >= 0.3 is 0 Å². The van der Waals surface area contributed by atoms with Crippen LogP contribution in [0.15, 0.2) is 36.1 Å². The van der Waals surface area contributed by atoms with Gasteiger partial charge in [-0.15, -0.1) is 0 Å². The Morgan fingerprint density at radius 1 is 1.24 bits per heavy atom. The number of allylic oxidation sites excluding steroid dienone is 3. The van der Waals surface area contributed by atoms with E-state index in [-0.39, 0.29) is 18.0 Å². The second-order valence-corrected chi connectivity index (χ2v) is 10.2. The summed E-state index contributed by atoms with van der Waals surface area (Å²) in [4.78, 5) is 5.87. The van der Waals surface area contributed by atoms with Crippen molar-refractivity contribution in [1.29, 1.82) is 0 Å². The first-order valence-corrected chi connectivity index (χ1v) is 11.2. The van der Waals surface area contributed by atoms with Gasteiger partial charge in [-0.3, -0.25) is 0 Å². The standard InChI is InChI=1S/C20H25F2N3O3S/c1-19(2,26)13-10-14-16(24(4)18(23-14)12-29(5,27)28)11-15(13)25-9-7-6-8-17(25)20(3,21)22/h6-8,10-11,26H,9,12H2,1-5H3. The zero-order valence-corrected chi connectivity index (χ0v) is 17.9. The van der Waals surface area contributed by atoms with Crippen LogP contribution in [0.25, 0.3) is 11.0 Å². The summed E-state index contributed by atoms with van der Waals surface area (Å²) in [7, 11) is -1.62. The molecule has 1 N–H and O–H groups in total. The molecule has 1 aliphatic heterocycles. The van der Waals surface area contributed by atoms with Gasteiger partial charge in [-0.05, 0) is 32.1 Å². The van der Waals surface area contributed by atoms with E-state index in [0.29, 0.717) is 28.1 Å². The molecule has 1 aliphatic rings. The zero-order chi connectivity index (χ0) is 21.8. The second-order valence-electron chi connectivity index (χ2n) is 8.05. The van der Waals surface area contributed by atoms with Crippen molar-refractivity contribution in [2.45, 2.75) is 38.0 Å². The van der Waals surface area contributed by atoms with Crippen LogP contribution in [0.2, 0.25) is 0 Å². The average Bonchev–Trinajstić information content (AvgIpc) is 2.86. The largest absolute Gasteiger partial charge is 0.386 e. The van der Waals surface area contributed by atoms with Gasteiger partial charge in [-0.1, -0.05) is 12.2 Å². The Hall–Kier alpha value is -2.26. The van der Waals surface area contributed by atoms with Gasteiger partial charge in [-0.2, -0.15) is 0 Å². The lowest BCUT2D eigenvalue weighted by molar-refractivity contribution is 0.0594. The number of anilines is 1. The third-order valence-electron chi connectivity index (χ3n) is 4.85. The summed E-state index contributed by atoms with van der Waals surface area (Å²) < 4.78 is 53.6. The monoisotopic (exact) mass is 425 g/mol. The SMILES string of the molecule is Cn1c(CS(C)(=O)=O)nc2cc(C(C)(C)O)c(N3CC=CC=C3C(C)(F)F)cc21. The molecule has 9 heteroatoms. The number of aromatic nitrogens is 2. The van der Waals surface area contributed by atoms with Gasteiger partial charge in [0, 0.05) is 38.0 Å². The van der Waals surface area contributed by atoms with Crippen LogP contribution in [0.4, 0.5) is 14.5 Å². The van der Waals surface area contributed by atoms with Crippen molar-refractivity contribution in [3.05, 3.63) is 47.4 Å². The molecule has 2 heterocycles. The summed E-state index contributed by atoms with van der Waals surface area (Å²) in [6.45, 7) is 4.20. The summed E-state index contributed by atoms with van der Waals surface area (Å²) in [5, 5.41) is 10.7. The highest BCUT2D eigenvalue weighted by molar-refractivity contribution is 7.89. The maximum atomic E-state index is 14.3. The van der Waals surface area contributed by atoms with Crippen LogP contribution in [-0.2, 0) is 28.2 Å². The molecule has 0 unspecified atom stereocenters. The first-order chi connectivity index (χ1) is 13.2. The fourth-order valence-electron chi connectivity index (χ4n) is 3.48. The van der Waals surface area contributed by atoms with Crippen LogP contribution in [0.3, 0.4) is 0 Å². The minimum Gasteiger partial charge on any atom is -0.386 e. The van der Waals surface area contributed by atoms with Gasteiger partial charge < -0.3 is 14.6 Å². The molecule has 3 rings (SSSR count). The zero-order valence-electron chi connectivity index (χ0n) is 17.1. The fourth-order valence-corrected chi connectivity index (χ4v) is 4.21. The van der Waals surface area contributed by atoms with E-state index in [1.54, 1.807) is 49.7 Å². The van der Waals surface area contributed by atoms with Gasteiger partial charge in [0.25, 0.3) is 5.92 Å². The van der Waals surface area contributed by atoms with Gasteiger partial charge in [0.15, 0.2) is 9.84 Å². The number of aliphatic hydroxyl groups is 1. The van der Waals surface area contributed by atoms with Gasteiger partial charge in [0.1, 0.15) is 11.6 Å². The Kier molecular flexibility index (Phi) is 5.11. The van der Waals surface area contributed by atoms with Crippen LogP contribution in [0, 0.1) is 0 Å². The Balaban J connectivity index is 2.26. The summed E-state index contributed by atoms with van der Waals surface area (Å²) in [5.74, 6) is -2.97. The van der Waals surface area contributed by atoms with Gasteiger partial charge in [0.05, 0.1) is 22.3 Å². The molecule has 0 saturated carbocycles. The average molecular weight is 426 g/mol. The van der Waals surface area contributed by atoms with E-state index >= 15 is 0 Å². The molecule has 1 aromatic heterocycles. The highest BCUT2D eigenvalue weighted by Crippen LogP contribution is 2.40. The second kappa shape index (κ2) is 6.91. The smallest absolute Gasteiger partial charge is 0.285 e. The van der Waals surface area contributed by atoms with Gasteiger partial charge in [0.2, 0.25) is 0 Å². The Bertz CT molecular complexity index is 1120. The molecule has 0 radical (unpaired) electrons. The van der Waals surface area contributed by atoms with E-state index in [4.69, 9.17) is 0 Å². The number of imidazole rings is 1. The third kappa shape index (κ3) is 4.35. The van der Waals surface area contributed by atoms with E-state index in [0.717, 1.165) is 13.2 Å². The van der Waals surface area contributed by atoms with Crippen LogP contribution in [0.5, 0.6) is 0 Å². The number of nitrogens with zero attached hydrogens (tertiary/aromatic N) is 3. The number of benzene rings is 1. The topological polar surface area (TPSA) is 75.4 Å². The van der Waals surface area contributed by atoms with Gasteiger partial charge in [-0.25, -0.2) is 22.2 Å². The molecule has 0 saturated heterocycles. The Morgan fingerprint density at radius 3 is 2.45 bits per heavy atom. The summed E-state index contributed by atoms with van der Waals surface area (Å²) >= 11 is 0. The van der Waals surface area contributed by atoms with Crippen molar-refractivity contribution < 1.29 is 22.3 Å². The van der Waals surface area contributed by atoms with Crippen LogP contribution < -0.4 is 4.90 Å². The molecular formula is C20H25F2N3O3S. The maximum absolute atomic E-state index is 14.3. The van der Waals surface area contributed by atoms with E-state index in [1.165, 1.54) is 11.0 Å². The van der Waals surface area contributed by atoms with Crippen molar-refractivity contribution in [3.8, 4) is 0 Å². The van der Waals surface area contributed by atoms with Crippen molar-refractivity contribution in [1.82, 2.24) is 9.55 Å². The number of aryl methyl sites for hydroxylation is 1. The highest BCUT2D eigenvalue weighted by Gasteiger charge is 2.36. The summed E-state index contributed by atoms with van der Waals surface area (Å²) in [5.41, 5.74) is 0.445. The van der Waals surface area contributed by atoms with E-state index in [2.05, 4.69) is 4.98 Å². The Morgan fingerprint density at radius 2 is 1.90 bits per heavy atom. The lowest BCUT2D eigenvalue weighted by Crippen LogP contribution is -2.36. The summed E-state index contributed by atoms with van der Waals surface area (Å²) in [6.07, 6.45) is 5.83. The molecule has 0 aliphatic carbocycles. The fraction of sp³-hybridized carbons (Fsp3) is 0.450. The lowest BCUT2D eigenvalue weighted by atomic mass is 9.94. The molecule has 0 fully saturated rings. The van der Waals surface area contributed by atoms with Crippen LogP contribution in [-0.4, -0.2) is 41.8 Å². The molecule has 158 valence electrons. The molecule has 6 nitrogen and oxygen atoms in total. The predicted molar refractivity (Wildman–Crippen MR) is 110 cm³/mol. The number of fused-ring (bicyclic) bond motifs is 1. The molecule has 0 atom stereocenters. The number of halogens is 2. The lowest BCUT2D eigenvalue weighted by Gasteiger charge is -2.35. The molecular weight excluding hydrogens is 400 g/mol. The highest BCUT2D eigenvalue weighted by atomic mass is 32.2. The molecule has 2 aromatic rings. The molecule has 1 aromatic carbocycles. The minimum absolute atomic E-state index is 0.177. The molecule has 0 amide bonds. The van der Waals surface area contributed by atoms with E-state index in [9.17, 15) is 22.3 Å². The molecule has 29 heavy (non-hydrogen) atoms. The number of hydrogen-bond donors (Lipinski definition) is 1. The van der Waals surface area contributed by atoms with E-state index in [1.807, 2.05) is 0 Å². The minimum atomic E-state index is -3.31. The normalized spacial score (nSPS) is 15.9. The van der Waals surface area contributed by atoms with Crippen LogP contribution in [0.1, 0.15) is 32.2 Å². The quantitative estimate of drug-likeness (QED) is 0.796. The first kappa shape index (κ1) is 21.4. The van der Waals surface area contributed by atoms with Crippen LogP contribution >= 0.6 is 0 Å². The van der Waals surface area contributed by atoms with E-state index < -0.39 is 21.4 Å². The third-order valence-corrected chi connectivity index (χ3v) is 5.63. The predicted octanol–water partition coefficient (Wildman–Crippen LogP) is 3.26. The summed E-state index contributed by atoms with van der Waals surface area (Å²) in [6, 6.07) is 3.32. The molecule has 0 spiro atoms. The van der Waals surface area contributed by atoms with Crippen molar-refractivity contribution in [2.75, 3.05) is 17.7 Å². The first-order valence-electron chi connectivity index (χ1n) is 9.11. The number of sulfone groups is 1.